The maximum atomic E-state index is 11.8. The maximum absolute atomic E-state index is 11.8. The topological polar surface area (TPSA) is 69.4 Å². The minimum absolute atomic E-state index is 0.0118. The zero-order chi connectivity index (χ0) is 12.9. The molecule has 17 heavy (non-hydrogen) atoms. The molecular formula is C12H19NO3S. The van der Waals surface area contributed by atoms with Gasteiger partial charge in [-0.2, -0.15) is 0 Å². The summed E-state index contributed by atoms with van der Waals surface area (Å²) in [6.45, 7) is 2.32. The lowest BCUT2D eigenvalue weighted by Crippen LogP contribution is -2.13. The number of hydrogen-bond donors (Lipinski definition) is 1. The Morgan fingerprint density at radius 3 is 2.65 bits per heavy atom. The highest BCUT2D eigenvalue weighted by Crippen LogP contribution is 2.22. The first kappa shape index (κ1) is 14.0. The molecule has 0 aliphatic heterocycles. The fourth-order valence-corrected chi connectivity index (χ4v) is 3.08. The average Bonchev–Trinajstić information content (AvgIpc) is 2.26. The minimum Gasteiger partial charge on any atom is -0.496 e. The van der Waals surface area contributed by atoms with Crippen LogP contribution in [0.5, 0.6) is 5.75 Å². The van der Waals surface area contributed by atoms with E-state index in [-0.39, 0.29) is 11.5 Å². The number of sulfone groups is 1. The molecule has 1 aromatic carbocycles. The molecule has 0 heterocycles. The third kappa shape index (κ3) is 4.36. The quantitative estimate of drug-likeness (QED) is 0.833. The van der Waals surface area contributed by atoms with E-state index < -0.39 is 9.84 Å². The highest BCUT2D eigenvalue weighted by molar-refractivity contribution is 7.90. The molecule has 0 amide bonds. The second kappa shape index (κ2) is 6.02. The molecule has 0 spiro atoms. The van der Waals surface area contributed by atoms with Crippen LogP contribution in [0.1, 0.15) is 17.5 Å². The normalized spacial score (nSPS) is 11.5. The van der Waals surface area contributed by atoms with E-state index in [9.17, 15) is 8.42 Å². The van der Waals surface area contributed by atoms with Crippen molar-refractivity contribution in [2.75, 3.05) is 19.4 Å². The Morgan fingerprint density at radius 1 is 1.35 bits per heavy atom. The molecule has 0 saturated heterocycles. The monoisotopic (exact) mass is 257 g/mol. The second-order valence-electron chi connectivity index (χ2n) is 4.05. The van der Waals surface area contributed by atoms with Gasteiger partial charge in [-0.25, -0.2) is 8.42 Å². The van der Waals surface area contributed by atoms with Gasteiger partial charge in [0.05, 0.1) is 18.6 Å². The SMILES string of the molecule is COc1ccc(C)cc1CS(=O)(=O)CCCN. The Morgan fingerprint density at radius 2 is 2.06 bits per heavy atom. The van der Waals surface area contributed by atoms with Crippen molar-refractivity contribution in [3.63, 3.8) is 0 Å². The zero-order valence-electron chi connectivity index (χ0n) is 10.3. The number of aryl methyl sites for hydroxylation is 1. The Labute approximate surface area is 103 Å². The van der Waals surface area contributed by atoms with Crippen LogP contribution in [-0.4, -0.2) is 27.8 Å². The molecule has 1 aromatic rings. The van der Waals surface area contributed by atoms with E-state index in [1.807, 2.05) is 19.1 Å². The summed E-state index contributed by atoms with van der Waals surface area (Å²) >= 11 is 0. The average molecular weight is 257 g/mol. The van der Waals surface area contributed by atoms with E-state index in [1.165, 1.54) is 0 Å². The summed E-state index contributed by atoms with van der Waals surface area (Å²) in [6.07, 6.45) is 0.496. The number of benzene rings is 1. The lowest BCUT2D eigenvalue weighted by atomic mass is 10.1. The van der Waals surface area contributed by atoms with Crippen LogP contribution >= 0.6 is 0 Å². The van der Waals surface area contributed by atoms with Crippen LogP contribution < -0.4 is 10.5 Å². The van der Waals surface area contributed by atoms with Crippen molar-refractivity contribution in [1.29, 1.82) is 0 Å². The maximum Gasteiger partial charge on any atom is 0.154 e. The first-order chi connectivity index (χ1) is 7.98. The van der Waals surface area contributed by atoms with Crippen molar-refractivity contribution in [3.8, 4) is 5.75 Å². The Balaban J connectivity index is 2.90. The van der Waals surface area contributed by atoms with E-state index >= 15 is 0 Å². The van der Waals surface area contributed by atoms with Gasteiger partial charge in [-0.3, -0.25) is 0 Å². The highest BCUT2D eigenvalue weighted by Gasteiger charge is 2.14. The molecule has 0 fully saturated rings. The lowest BCUT2D eigenvalue weighted by molar-refractivity contribution is 0.411. The van der Waals surface area contributed by atoms with Crippen molar-refractivity contribution in [3.05, 3.63) is 29.3 Å². The Hall–Kier alpha value is -1.07. The van der Waals surface area contributed by atoms with Crippen LogP contribution in [0.2, 0.25) is 0 Å². The fourth-order valence-electron chi connectivity index (χ4n) is 1.63. The standard InChI is InChI=1S/C12H19NO3S/c1-10-4-5-12(16-2)11(8-10)9-17(14,15)7-3-6-13/h4-5,8H,3,6-7,9,13H2,1-2H3. The van der Waals surface area contributed by atoms with Gasteiger partial charge in [0, 0.05) is 5.56 Å². The molecular weight excluding hydrogens is 238 g/mol. The molecule has 0 aliphatic carbocycles. The summed E-state index contributed by atoms with van der Waals surface area (Å²) in [5, 5.41) is 0. The first-order valence-corrected chi connectivity index (χ1v) is 7.34. The van der Waals surface area contributed by atoms with Crippen molar-refractivity contribution in [2.45, 2.75) is 19.1 Å². The molecule has 0 unspecified atom stereocenters. The van der Waals surface area contributed by atoms with E-state index in [1.54, 1.807) is 13.2 Å². The number of ether oxygens (including phenoxy) is 1. The van der Waals surface area contributed by atoms with Crippen LogP contribution in [0.25, 0.3) is 0 Å². The van der Waals surface area contributed by atoms with Crippen molar-refractivity contribution in [2.24, 2.45) is 5.73 Å². The third-order valence-electron chi connectivity index (χ3n) is 2.47. The van der Waals surface area contributed by atoms with Gasteiger partial charge in [-0.05, 0) is 26.0 Å². The van der Waals surface area contributed by atoms with E-state index in [0.717, 1.165) is 5.56 Å². The molecule has 96 valence electrons. The summed E-state index contributed by atoms with van der Waals surface area (Å²) in [7, 11) is -1.56. The molecule has 0 atom stereocenters. The zero-order valence-corrected chi connectivity index (χ0v) is 11.1. The molecule has 2 N–H and O–H groups in total. The molecule has 1 rings (SSSR count). The summed E-state index contributed by atoms with van der Waals surface area (Å²) in [5.41, 5.74) is 7.06. The van der Waals surface area contributed by atoms with Gasteiger partial charge >= 0.3 is 0 Å². The van der Waals surface area contributed by atoms with Gasteiger partial charge in [0.2, 0.25) is 0 Å². The summed E-state index contributed by atoms with van der Waals surface area (Å²) in [4.78, 5) is 0. The predicted octanol–water partition coefficient (Wildman–Crippen LogP) is 1.27. The van der Waals surface area contributed by atoms with Gasteiger partial charge in [0.15, 0.2) is 9.84 Å². The first-order valence-electron chi connectivity index (χ1n) is 5.52. The van der Waals surface area contributed by atoms with Gasteiger partial charge in [-0.15, -0.1) is 0 Å². The van der Waals surface area contributed by atoms with Crippen molar-refractivity contribution in [1.82, 2.24) is 0 Å². The van der Waals surface area contributed by atoms with Crippen LogP contribution in [0.15, 0.2) is 18.2 Å². The molecule has 0 aliphatic rings. The van der Waals surface area contributed by atoms with Crippen molar-refractivity contribution >= 4 is 9.84 Å². The molecule has 0 radical (unpaired) electrons. The van der Waals surface area contributed by atoms with Gasteiger partial charge in [-0.1, -0.05) is 17.7 Å². The van der Waals surface area contributed by atoms with Gasteiger partial charge in [0.25, 0.3) is 0 Å². The van der Waals surface area contributed by atoms with Crippen LogP contribution in [0, 0.1) is 6.92 Å². The van der Waals surface area contributed by atoms with Crippen LogP contribution in [-0.2, 0) is 15.6 Å². The van der Waals surface area contributed by atoms with Gasteiger partial charge < -0.3 is 10.5 Å². The van der Waals surface area contributed by atoms with Gasteiger partial charge in [0.1, 0.15) is 5.75 Å². The van der Waals surface area contributed by atoms with E-state index in [2.05, 4.69) is 0 Å². The Kier molecular flexibility index (Phi) is 4.96. The predicted molar refractivity (Wildman–Crippen MR) is 68.9 cm³/mol. The third-order valence-corrected chi connectivity index (χ3v) is 4.13. The van der Waals surface area contributed by atoms with Crippen LogP contribution in [0.3, 0.4) is 0 Å². The summed E-state index contributed by atoms with van der Waals surface area (Å²) < 4.78 is 28.8. The van der Waals surface area contributed by atoms with Crippen molar-refractivity contribution < 1.29 is 13.2 Å². The summed E-state index contributed by atoms with van der Waals surface area (Å²) in [5.74, 6) is 0.755. The molecule has 0 bridgehead atoms. The molecule has 4 nitrogen and oxygen atoms in total. The number of methoxy groups -OCH3 is 1. The second-order valence-corrected chi connectivity index (χ2v) is 6.23. The highest BCUT2D eigenvalue weighted by atomic mass is 32.2. The molecule has 5 heteroatoms. The number of nitrogens with two attached hydrogens (primary N) is 1. The Bertz CT molecular complexity index is 469. The minimum atomic E-state index is -3.11. The fraction of sp³-hybridized carbons (Fsp3) is 0.500. The smallest absolute Gasteiger partial charge is 0.154 e. The molecule has 0 aromatic heterocycles. The lowest BCUT2D eigenvalue weighted by Gasteiger charge is -2.10. The van der Waals surface area contributed by atoms with E-state index in [0.29, 0.717) is 24.3 Å². The number of rotatable bonds is 6. The summed E-state index contributed by atoms with van der Waals surface area (Å²) in [6, 6.07) is 5.54. The largest absolute Gasteiger partial charge is 0.496 e. The van der Waals surface area contributed by atoms with E-state index in [4.69, 9.17) is 10.5 Å². The molecule has 0 saturated carbocycles. The van der Waals surface area contributed by atoms with Crippen LogP contribution in [0.4, 0.5) is 0 Å². The number of hydrogen-bond acceptors (Lipinski definition) is 4.